The van der Waals surface area contributed by atoms with Gasteiger partial charge in [-0.3, -0.25) is 4.79 Å². The van der Waals surface area contributed by atoms with Crippen molar-refractivity contribution in [3.05, 3.63) is 101 Å². The summed E-state index contributed by atoms with van der Waals surface area (Å²) in [5.41, 5.74) is -1.67. The number of halogens is 1. The molecule has 1 saturated heterocycles. The second-order valence-corrected chi connectivity index (χ2v) is 12.0. The monoisotopic (exact) mass is 562 g/mol. The fraction of sp³-hybridized carbons (Fsp3) is 0.273. The lowest BCUT2D eigenvalue weighted by Gasteiger charge is -2.38. The zero-order valence-corrected chi connectivity index (χ0v) is 23.6. The Labute approximate surface area is 243 Å². The van der Waals surface area contributed by atoms with Gasteiger partial charge < -0.3 is 14.5 Å². The van der Waals surface area contributed by atoms with Crippen LogP contribution in [-0.2, 0) is 26.3 Å². The van der Waals surface area contributed by atoms with E-state index in [0.29, 0.717) is 22.0 Å². The second-order valence-electron chi connectivity index (χ2n) is 11.6. The van der Waals surface area contributed by atoms with Crippen LogP contribution in [0.25, 0.3) is 6.08 Å². The molecule has 0 aromatic heterocycles. The summed E-state index contributed by atoms with van der Waals surface area (Å²) < 4.78 is 5.97. The Morgan fingerprint density at radius 2 is 1.68 bits per heavy atom. The van der Waals surface area contributed by atoms with Crippen LogP contribution < -0.4 is 9.80 Å². The summed E-state index contributed by atoms with van der Waals surface area (Å²) in [6.07, 6.45) is 3.59. The molecule has 3 aliphatic rings. The molecule has 7 nitrogen and oxygen atoms in total. The van der Waals surface area contributed by atoms with Crippen LogP contribution in [0.3, 0.4) is 0 Å². The molecule has 0 bridgehead atoms. The highest BCUT2D eigenvalue weighted by atomic mass is 35.5. The van der Waals surface area contributed by atoms with Crippen LogP contribution in [0.1, 0.15) is 37.5 Å². The van der Waals surface area contributed by atoms with Gasteiger partial charge in [-0.05, 0) is 61.7 Å². The maximum atomic E-state index is 15.1. The van der Waals surface area contributed by atoms with E-state index >= 15 is 4.79 Å². The van der Waals surface area contributed by atoms with Crippen molar-refractivity contribution in [1.82, 2.24) is 0 Å². The summed E-state index contributed by atoms with van der Waals surface area (Å²) in [4.78, 5) is 32.8. The second kappa shape index (κ2) is 9.23. The largest absolute Gasteiger partial charge is 0.458 e. The zero-order valence-electron chi connectivity index (χ0n) is 22.8. The molecule has 1 fully saturated rings. The lowest BCUT2D eigenvalue weighted by molar-refractivity contribution is -0.159. The van der Waals surface area contributed by atoms with E-state index in [1.807, 2.05) is 60.7 Å². The van der Waals surface area contributed by atoms with E-state index in [2.05, 4.69) is 12.1 Å². The number of fused-ring (bicyclic) bond motifs is 5. The van der Waals surface area contributed by atoms with Gasteiger partial charge in [0.05, 0.1) is 24.7 Å². The fourth-order valence-electron chi connectivity index (χ4n) is 6.66. The SMILES string of the molecule is CC(C)(C)OC(=O)C1N2c3ccccc3C=CC2C(C#N)(C#N)C12C(=O)N(Cc1ccccc1)c1ccc(Cl)cc12. The number of para-hydroxylation sites is 1. The van der Waals surface area contributed by atoms with Gasteiger partial charge in [0.2, 0.25) is 5.91 Å². The number of amides is 1. The number of hydrogen-bond acceptors (Lipinski definition) is 6. The summed E-state index contributed by atoms with van der Waals surface area (Å²) in [5, 5.41) is 22.2. The van der Waals surface area contributed by atoms with Crippen molar-refractivity contribution >= 4 is 40.9 Å². The minimum Gasteiger partial charge on any atom is -0.458 e. The summed E-state index contributed by atoms with van der Waals surface area (Å²) in [7, 11) is 0. The number of hydrogen-bond donors (Lipinski definition) is 0. The molecule has 204 valence electrons. The normalized spacial score (nSPS) is 23.4. The van der Waals surface area contributed by atoms with Gasteiger partial charge in [-0.15, -0.1) is 0 Å². The maximum Gasteiger partial charge on any atom is 0.330 e. The van der Waals surface area contributed by atoms with Crippen LogP contribution in [0.5, 0.6) is 0 Å². The number of benzene rings is 3. The minimum atomic E-state index is -2.00. The molecule has 1 amide bonds. The van der Waals surface area contributed by atoms with Crippen LogP contribution in [0.2, 0.25) is 5.02 Å². The average Bonchev–Trinajstić information content (AvgIpc) is 3.35. The molecule has 6 rings (SSSR count). The first-order valence-corrected chi connectivity index (χ1v) is 13.7. The van der Waals surface area contributed by atoms with E-state index in [1.165, 1.54) is 0 Å². The van der Waals surface area contributed by atoms with Gasteiger partial charge in [0.1, 0.15) is 17.1 Å². The van der Waals surface area contributed by atoms with Gasteiger partial charge in [0.25, 0.3) is 0 Å². The molecule has 3 aliphatic heterocycles. The Morgan fingerprint density at radius 3 is 2.37 bits per heavy atom. The summed E-state index contributed by atoms with van der Waals surface area (Å²) in [6, 6.07) is 24.2. The van der Waals surface area contributed by atoms with Crippen molar-refractivity contribution in [2.45, 2.75) is 50.4 Å². The van der Waals surface area contributed by atoms with Crippen molar-refractivity contribution in [1.29, 1.82) is 10.5 Å². The average molecular weight is 563 g/mol. The van der Waals surface area contributed by atoms with Gasteiger partial charge in [-0.25, -0.2) is 4.79 Å². The standard InChI is InChI=1S/C33H27ClN4O3/c1-31(2,3)41-29(39)28-33(32(19-35,20-36)27-16-13-22-11-7-8-12-25(22)38(27)28)24-17-23(34)14-15-26(24)37(30(33)40)18-21-9-5-4-6-10-21/h4-17,27-28H,18H2,1-3H3. The van der Waals surface area contributed by atoms with Crippen LogP contribution in [0.15, 0.2) is 78.9 Å². The molecule has 41 heavy (non-hydrogen) atoms. The zero-order chi connectivity index (χ0) is 29.2. The number of nitriles is 2. The summed E-state index contributed by atoms with van der Waals surface area (Å²) in [6.45, 7) is 5.43. The lowest BCUT2D eigenvalue weighted by Crippen LogP contribution is -2.59. The van der Waals surface area contributed by atoms with Crippen molar-refractivity contribution in [2.24, 2.45) is 5.41 Å². The molecule has 3 unspecified atom stereocenters. The van der Waals surface area contributed by atoms with Crippen molar-refractivity contribution in [3.8, 4) is 12.1 Å². The topological polar surface area (TPSA) is 97.4 Å². The Hall–Kier alpha value is -4.59. The number of nitrogens with zero attached hydrogens (tertiary/aromatic N) is 4. The Bertz CT molecular complexity index is 1680. The van der Waals surface area contributed by atoms with E-state index < -0.39 is 40.4 Å². The molecule has 1 spiro atoms. The Morgan fingerprint density at radius 1 is 1.00 bits per heavy atom. The van der Waals surface area contributed by atoms with E-state index in [4.69, 9.17) is 16.3 Å². The third kappa shape index (κ3) is 3.63. The number of carbonyl (C=O) groups excluding carboxylic acids is 2. The molecule has 8 heteroatoms. The molecule has 3 aromatic rings. The van der Waals surface area contributed by atoms with E-state index in [9.17, 15) is 15.3 Å². The van der Waals surface area contributed by atoms with Crippen molar-refractivity contribution < 1.29 is 14.3 Å². The number of anilines is 2. The molecule has 0 aliphatic carbocycles. The highest BCUT2D eigenvalue weighted by molar-refractivity contribution is 6.31. The molecular formula is C33H27ClN4O3. The van der Waals surface area contributed by atoms with Crippen LogP contribution >= 0.6 is 11.6 Å². The number of esters is 1. The molecule has 3 aromatic carbocycles. The predicted octanol–water partition coefficient (Wildman–Crippen LogP) is 5.78. The maximum absolute atomic E-state index is 15.1. The Balaban J connectivity index is 1.69. The minimum absolute atomic E-state index is 0.182. The highest BCUT2D eigenvalue weighted by Gasteiger charge is 2.79. The molecular weight excluding hydrogens is 536 g/mol. The van der Waals surface area contributed by atoms with Crippen molar-refractivity contribution in [2.75, 3.05) is 9.80 Å². The third-order valence-corrected chi connectivity index (χ3v) is 8.38. The third-order valence-electron chi connectivity index (χ3n) is 8.15. The smallest absolute Gasteiger partial charge is 0.330 e. The quantitative estimate of drug-likeness (QED) is 0.375. The van der Waals surface area contributed by atoms with E-state index in [1.54, 1.807) is 54.8 Å². The Kier molecular flexibility index (Phi) is 5.99. The molecule has 3 atom stereocenters. The van der Waals surface area contributed by atoms with Gasteiger partial charge in [0, 0.05) is 16.4 Å². The first kappa shape index (κ1) is 26.6. The summed E-state index contributed by atoms with van der Waals surface area (Å²) in [5.74, 6) is -1.21. The van der Waals surface area contributed by atoms with Crippen molar-refractivity contribution in [3.63, 3.8) is 0 Å². The molecule has 0 saturated carbocycles. The first-order chi connectivity index (χ1) is 19.6. The molecule has 0 radical (unpaired) electrons. The van der Waals surface area contributed by atoms with Crippen LogP contribution in [-0.4, -0.2) is 29.6 Å². The van der Waals surface area contributed by atoms with Gasteiger partial charge in [-0.1, -0.05) is 72.3 Å². The first-order valence-electron chi connectivity index (χ1n) is 13.4. The van der Waals surface area contributed by atoms with Gasteiger partial charge in [-0.2, -0.15) is 10.5 Å². The predicted molar refractivity (Wildman–Crippen MR) is 156 cm³/mol. The van der Waals surface area contributed by atoms with Gasteiger partial charge >= 0.3 is 5.97 Å². The molecule has 3 heterocycles. The van der Waals surface area contributed by atoms with Gasteiger partial charge in [0.15, 0.2) is 5.41 Å². The lowest BCUT2D eigenvalue weighted by atomic mass is 9.58. The number of carbonyl (C=O) groups is 2. The van der Waals surface area contributed by atoms with Crippen LogP contribution in [0.4, 0.5) is 11.4 Å². The van der Waals surface area contributed by atoms with E-state index in [-0.39, 0.29) is 6.54 Å². The highest BCUT2D eigenvalue weighted by Crippen LogP contribution is 2.64. The summed E-state index contributed by atoms with van der Waals surface area (Å²) >= 11 is 6.55. The molecule has 0 N–H and O–H groups in total. The number of ether oxygens (including phenoxy) is 1. The van der Waals surface area contributed by atoms with E-state index in [0.717, 1.165) is 11.1 Å². The van der Waals surface area contributed by atoms with Crippen LogP contribution in [0, 0.1) is 28.1 Å². The number of rotatable bonds is 3. The fourth-order valence-corrected chi connectivity index (χ4v) is 6.83.